The molecule has 0 bridgehead atoms. The van der Waals surface area contributed by atoms with Crippen molar-refractivity contribution in [1.29, 1.82) is 0 Å². The van der Waals surface area contributed by atoms with Crippen molar-refractivity contribution in [2.45, 2.75) is 25.9 Å². The fourth-order valence-electron chi connectivity index (χ4n) is 2.91. The number of fused-ring (bicyclic) bond motifs is 1. The van der Waals surface area contributed by atoms with Crippen LogP contribution in [0.5, 0.6) is 0 Å². The molecule has 7 nitrogen and oxygen atoms in total. The van der Waals surface area contributed by atoms with E-state index >= 15 is 0 Å². The van der Waals surface area contributed by atoms with Gasteiger partial charge in [0.1, 0.15) is 5.15 Å². The molecule has 3 heterocycles. The fourth-order valence-corrected chi connectivity index (χ4v) is 3.02. The van der Waals surface area contributed by atoms with Gasteiger partial charge < -0.3 is 9.30 Å². The standard InChI is InChI=1S/C18H19ClN4O3/c1-3-13(11-26-2)23-17(24)14-5-4-8-22(16(14)21-18(23)25)10-12-6-7-15(19)20-9-12/h4-9,13H,3,10-11H2,1-2H3. The van der Waals surface area contributed by atoms with Crippen LogP contribution in [-0.2, 0) is 11.3 Å². The molecule has 0 saturated carbocycles. The van der Waals surface area contributed by atoms with Crippen LogP contribution < -0.4 is 11.2 Å². The molecule has 0 aromatic carbocycles. The summed E-state index contributed by atoms with van der Waals surface area (Å²) in [5, 5.41) is 0.406. The van der Waals surface area contributed by atoms with Crippen molar-refractivity contribution < 1.29 is 4.74 Å². The van der Waals surface area contributed by atoms with Gasteiger partial charge in [0.2, 0.25) is 0 Å². The Morgan fingerprint density at radius 1 is 1.27 bits per heavy atom. The smallest absolute Gasteiger partial charge is 0.352 e. The molecule has 136 valence electrons. The molecule has 1 aromatic rings. The number of ether oxygens (including phenoxy) is 1. The van der Waals surface area contributed by atoms with Crippen molar-refractivity contribution in [2.75, 3.05) is 13.7 Å². The van der Waals surface area contributed by atoms with Gasteiger partial charge in [-0.15, -0.1) is 0 Å². The molecule has 8 heteroatoms. The largest absolute Gasteiger partial charge is 0.383 e. The average molecular weight is 375 g/mol. The molecule has 0 fully saturated rings. The number of pyridine rings is 2. The van der Waals surface area contributed by atoms with E-state index in [2.05, 4.69) is 9.97 Å². The van der Waals surface area contributed by atoms with Gasteiger partial charge in [0.15, 0.2) is 5.82 Å². The predicted molar refractivity (Wildman–Crippen MR) is 98.9 cm³/mol. The van der Waals surface area contributed by atoms with E-state index in [1.165, 1.54) is 4.57 Å². The molecule has 1 atom stereocenters. The number of hydrogen-bond acceptors (Lipinski definition) is 5. The van der Waals surface area contributed by atoms with Crippen LogP contribution in [0.1, 0.15) is 24.9 Å². The summed E-state index contributed by atoms with van der Waals surface area (Å²) < 4.78 is 8.07. The minimum Gasteiger partial charge on any atom is -0.383 e. The second-order valence-corrected chi connectivity index (χ2v) is 6.34. The van der Waals surface area contributed by atoms with Crippen molar-refractivity contribution >= 4 is 11.6 Å². The molecule has 0 N–H and O–H groups in total. The molecule has 26 heavy (non-hydrogen) atoms. The predicted octanol–water partition coefficient (Wildman–Crippen LogP) is 2.20. The first kappa shape index (κ1) is 18.3. The molecule has 0 radical (unpaired) electrons. The SMILES string of the molecule is CCC(COC)n1c(=O)nc2n(Cc3ccc(Cl)nc3)cccc-2c1=O. The molecule has 1 unspecified atom stereocenters. The lowest BCUT2D eigenvalue weighted by Gasteiger charge is -2.19. The van der Waals surface area contributed by atoms with E-state index < -0.39 is 5.69 Å². The van der Waals surface area contributed by atoms with Gasteiger partial charge in [-0.3, -0.25) is 9.36 Å². The molecule has 0 saturated heterocycles. The Labute approximate surface area is 155 Å². The van der Waals surface area contributed by atoms with Gasteiger partial charge in [0.05, 0.1) is 24.8 Å². The molecular formula is C18H19ClN4O3. The summed E-state index contributed by atoms with van der Waals surface area (Å²) in [7, 11) is 1.54. The maximum atomic E-state index is 12.9. The minimum atomic E-state index is -0.569. The topological polar surface area (TPSA) is 79.0 Å². The van der Waals surface area contributed by atoms with Gasteiger partial charge in [-0.2, -0.15) is 4.98 Å². The maximum absolute atomic E-state index is 12.9. The molecule has 3 rings (SSSR count). The zero-order chi connectivity index (χ0) is 18.7. The van der Waals surface area contributed by atoms with E-state index in [9.17, 15) is 9.59 Å². The Morgan fingerprint density at radius 2 is 2.08 bits per heavy atom. The molecule has 1 aromatic heterocycles. The summed E-state index contributed by atoms with van der Waals surface area (Å²) in [6, 6.07) is 6.63. The summed E-state index contributed by atoms with van der Waals surface area (Å²) in [4.78, 5) is 33.6. The molecule has 0 spiro atoms. The molecule has 2 aliphatic rings. The third-order valence-electron chi connectivity index (χ3n) is 4.24. The first-order chi connectivity index (χ1) is 12.5. The maximum Gasteiger partial charge on any atom is 0.352 e. The van der Waals surface area contributed by atoms with Crippen molar-refractivity contribution in [3.8, 4) is 11.4 Å². The van der Waals surface area contributed by atoms with Crippen LogP contribution in [0, 0.1) is 0 Å². The third-order valence-corrected chi connectivity index (χ3v) is 4.46. The summed E-state index contributed by atoms with van der Waals surface area (Å²) in [5.74, 6) is 0.348. The zero-order valence-electron chi connectivity index (χ0n) is 14.6. The van der Waals surface area contributed by atoms with Gasteiger partial charge >= 0.3 is 5.69 Å². The Kier molecular flexibility index (Phi) is 5.49. The third kappa shape index (κ3) is 3.54. The van der Waals surface area contributed by atoms with Gasteiger partial charge in [-0.1, -0.05) is 24.6 Å². The Morgan fingerprint density at radius 3 is 2.73 bits per heavy atom. The van der Waals surface area contributed by atoms with Crippen LogP contribution >= 0.6 is 11.6 Å². The molecular weight excluding hydrogens is 356 g/mol. The average Bonchev–Trinajstić information content (AvgIpc) is 2.63. The van der Waals surface area contributed by atoms with Crippen molar-refractivity contribution in [3.63, 3.8) is 0 Å². The van der Waals surface area contributed by atoms with Gasteiger partial charge in [-0.25, -0.2) is 9.78 Å². The van der Waals surface area contributed by atoms with Crippen LogP contribution in [0.15, 0.2) is 46.2 Å². The number of halogens is 1. The molecule has 0 aliphatic carbocycles. The van der Waals surface area contributed by atoms with E-state index in [0.29, 0.717) is 29.5 Å². The number of rotatable bonds is 6. The molecule has 2 aliphatic heterocycles. The highest BCUT2D eigenvalue weighted by Gasteiger charge is 2.21. The normalized spacial score (nSPS) is 12.4. The lowest BCUT2D eigenvalue weighted by atomic mass is 10.2. The monoisotopic (exact) mass is 374 g/mol. The number of aromatic nitrogens is 4. The van der Waals surface area contributed by atoms with Gasteiger partial charge in [0, 0.05) is 19.5 Å². The van der Waals surface area contributed by atoms with Crippen molar-refractivity contribution in [2.24, 2.45) is 0 Å². The summed E-state index contributed by atoms with van der Waals surface area (Å²) in [6.07, 6.45) is 4.03. The van der Waals surface area contributed by atoms with Crippen LogP contribution in [0.4, 0.5) is 0 Å². The number of hydrogen-bond donors (Lipinski definition) is 0. The molecule has 0 amide bonds. The lowest BCUT2D eigenvalue weighted by Crippen LogP contribution is -2.41. The second-order valence-electron chi connectivity index (χ2n) is 5.95. The van der Waals surface area contributed by atoms with Crippen LogP contribution in [0.2, 0.25) is 5.15 Å². The quantitative estimate of drug-likeness (QED) is 0.618. The van der Waals surface area contributed by atoms with Gasteiger partial charge in [0.25, 0.3) is 5.56 Å². The van der Waals surface area contributed by atoms with E-state index in [1.54, 1.807) is 42.3 Å². The van der Waals surface area contributed by atoms with E-state index in [0.717, 1.165) is 5.56 Å². The first-order valence-electron chi connectivity index (χ1n) is 8.26. The minimum absolute atomic E-state index is 0.280. The lowest BCUT2D eigenvalue weighted by molar-refractivity contribution is 0.149. The van der Waals surface area contributed by atoms with Crippen LogP contribution in [0.3, 0.4) is 0 Å². The number of nitrogens with zero attached hydrogens (tertiary/aromatic N) is 4. The first-order valence-corrected chi connectivity index (χ1v) is 8.64. The Hall–Kier alpha value is -2.51. The van der Waals surface area contributed by atoms with Crippen molar-refractivity contribution in [3.05, 3.63) is 68.2 Å². The van der Waals surface area contributed by atoms with Crippen LogP contribution in [0.25, 0.3) is 11.4 Å². The van der Waals surface area contributed by atoms with Gasteiger partial charge in [-0.05, 0) is 30.2 Å². The van der Waals surface area contributed by atoms with E-state index in [-0.39, 0.29) is 18.2 Å². The highest BCUT2D eigenvalue weighted by atomic mass is 35.5. The summed E-state index contributed by atoms with van der Waals surface area (Å²) in [5.41, 5.74) is 0.354. The van der Waals surface area contributed by atoms with Crippen LogP contribution in [-0.4, -0.2) is 32.8 Å². The zero-order valence-corrected chi connectivity index (χ0v) is 15.3. The number of methoxy groups -OCH3 is 1. The van der Waals surface area contributed by atoms with E-state index in [1.807, 2.05) is 13.0 Å². The van der Waals surface area contributed by atoms with Crippen molar-refractivity contribution in [1.82, 2.24) is 19.1 Å². The highest BCUT2D eigenvalue weighted by molar-refractivity contribution is 6.29. The summed E-state index contributed by atoms with van der Waals surface area (Å²) >= 11 is 5.81. The fraction of sp³-hybridized carbons (Fsp3) is 0.333. The second kappa shape index (κ2) is 7.80. The Bertz CT molecular complexity index is 981. The Balaban J connectivity index is 2.10. The van der Waals surface area contributed by atoms with E-state index in [4.69, 9.17) is 16.3 Å². The highest BCUT2D eigenvalue weighted by Crippen LogP contribution is 2.17. The summed E-state index contributed by atoms with van der Waals surface area (Å²) in [6.45, 7) is 2.60.